The van der Waals surface area contributed by atoms with Gasteiger partial charge in [-0.25, -0.2) is 0 Å². The monoisotopic (exact) mass is 190 g/mol. The summed E-state index contributed by atoms with van der Waals surface area (Å²) in [7, 11) is 0. The van der Waals surface area contributed by atoms with Crippen LogP contribution in [0, 0.1) is 0 Å². The molecule has 2 rings (SSSR count). The molecule has 1 heterocycles. The Morgan fingerprint density at radius 2 is 1.86 bits per heavy atom. The van der Waals surface area contributed by atoms with E-state index in [2.05, 4.69) is 10.6 Å². The highest BCUT2D eigenvalue weighted by Gasteiger charge is 2.15. The van der Waals surface area contributed by atoms with Gasteiger partial charge >= 0.3 is 0 Å². The van der Waals surface area contributed by atoms with Gasteiger partial charge in [-0.1, -0.05) is 30.3 Å². The largest absolute Gasteiger partial charge is 0.356 e. The SMILES string of the molecule is O=C1C=C(c2ccccc2)NC(O)N1. The van der Waals surface area contributed by atoms with Crippen LogP contribution in [0.25, 0.3) is 5.70 Å². The maximum absolute atomic E-state index is 11.1. The molecule has 3 N–H and O–H groups in total. The summed E-state index contributed by atoms with van der Waals surface area (Å²) in [5.74, 6) is -0.296. The number of carbonyl (C=O) groups is 1. The highest BCUT2D eigenvalue weighted by Crippen LogP contribution is 2.12. The van der Waals surface area contributed by atoms with Gasteiger partial charge in [0, 0.05) is 6.08 Å². The van der Waals surface area contributed by atoms with Crippen molar-refractivity contribution in [1.82, 2.24) is 10.6 Å². The molecule has 0 saturated carbocycles. The summed E-state index contributed by atoms with van der Waals surface area (Å²) in [6.45, 7) is 0. The molecule has 14 heavy (non-hydrogen) atoms. The molecule has 4 nitrogen and oxygen atoms in total. The second-order valence-electron chi connectivity index (χ2n) is 2.98. The minimum absolute atomic E-state index is 0.296. The summed E-state index contributed by atoms with van der Waals surface area (Å²) in [5, 5.41) is 14.3. The third-order valence-electron chi connectivity index (χ3n) is 1.93. The molecule has 72 valence electrons. The fraction of sp³-hybridized carbons (Fsp3) is 0.100. The zero-order valence-electron chi connectivity index (χ0n) is 7.40. The Balaban J connectivity index is 2.31. The first kappa shape index (κ1) is 8.77. The second kappa shape index (κ2) is 3.51. The molecule has 4 heteroatoms. The lowest BCUT2D eigenvalue weighted by molar-refractivity contribution is -0.120. The van der Waals surface area contributed by atoms with Crippen LogP contribution >= 0.6 is 0 Å². The van der Waals surface area contributed by atoms with Crippen molar-refractivity contribution in [2.24, 2.45) is 0 Å². The van der Waals surface area contributed by atoms with Crippen LogP contribution in [0.2, 0.25) is 0 Å². The predicted molar refractivity (Wildman–Crippen MR) is 51.7 cm³/mol. The van der Waals surface area contributed by atoms with E-state index in [9.17, 15) is 9.90 Å². The summed E-state index contributed by atoms with van der Waals surface area (Å²) in [6, 6.07) is 9.37. The summed E-state index contributed by atoms with van der Waals surface area (Å²) >= 11 is 0. The van der Waals surface area contributed by atoms with Crippen LogP contribution in [0.15, 0.2) is 36.4 Å². The molecule has 1 unspecified atom stereocenters. The predicted octanol–water partition coefficient (Wildman–Crippen LogP) is 0.0228. The molecule has 0 spiro atoms. The molecule has 0 aliphatic carbocycles. The van der Waals surface area contributed by atoms with Crippen molar-refractivity contribution in [3.63, 3.8) is 0 Å². The number of hydrogen-bond donors (Lipinski definition) is 3. The maximum atomic E-state index is 11.1. The number of carbonyl (C=O) groups excluding carboxylic acids is 1. The summed E-state index contributed by atoms with van der Waals surface area (Å²) in [6.07, 6.45) is 0.407. The zero-order chi connectivity index (χ0) is 9.97. The van der Waals surface area contributed by atoms with Crippen molar-refractivity contribution < 1.29 is 9.90 Å². The number of hydrogen-bond acceptors (Lipinski definition) is 3. The molecule has 0 saturated heterocycles. The van der Waals surface area contributed by atoms with Crippen LogP contribution < -0.4 is 10.6 Å². The van der Waals surface area contributed by atoms with Crippen molar-refractivity contribution in [3.05, 3.63) is 42.0 Å². The molecule has 1 aromatic carbocycles. The topological polar surface area (TPSA) is 61.4 Å². The number of nitrogens with one attached hydrogen (secondary N) is 2. The van der Waals surface area contributed by atoms with Crippen molar-refractivity contribution in [2.75, 3.05) is 0 Å². The molecule has 1 aliphatic rings. The van der Waals surface area contributed by atoms with E-state index in [1.807, 2.05) is 30.3 Å². The molecule has 0 bridgehead atoms. The number of aliphatic hydroxyl groups is 1. The van der Waals surface area contributed by atoms with Crippen LogP contribution in [0.5, 0.6) is 0 Å². The first-order chi connectivity index (χ1) is 6.75. The Hall–Kier alpha value is -1.81. The maximum Gasteiger partial charge on any atom is 0.249 e. The van der Waals surface area contributed by atoms with E-state index in [4.69, 9.17) is 0 Å². The Labute approximate surface area is 81.3 Å². The molecular formula is C10H10N2O2. The summed E-state index contributed by atoms with van der Waals surface area (Å²) < 4.78 is 0. The fourth-order valence-electron chi connectivity index (χ4n) is 1.32. The van der Waals surface area contributed by atoms with Crippen LogP contribution in [0.3, 0.4) is 0 Å². The van der Waals surface area contributed by atoms with Gasteiger partial charge in [0.2, 0.25) is 12.3 Å². The van der Waals surface area contributed by atoms with Gasteiger partial charge in [-0.2, -0.15) is 0 Å². The quantitative estimate of drug-likeness (QED) is 0.585. The van der Waals surface area contributed by atoms with Gasteiger partial charge in [-0.3, -0.25) is 4.79 Å². The summed E-state index contributed by atoms with van der Waals surface area (Å²) in [4.78, 5) is 11.1. The van der Waals surface area contributed by atoms with E-state index >= 15 is 0 Å². The van der Waals surface area contributed by atoms with E-state index in [0.717, 1.165) is 5.56 Å². The van der Waals surface area contributed by atoms with Gasteiger partial charge in [0.25, 0.3) is 0 Å². The van der Waals surface area contributed by atoms with E-state index in [-0.39, 0.29) is 5.91 Å². The molecule has 0 aromatic heterocycles. The normalized spacial score (nSPS) is 20.8. The molecule has 0 fully saturated rings. The number of rotatable bonds is 1. The highest BCUT2D eigenvalue weighted by atomic mass is 16.3. The van der Waals surface area contributed by atoms with Crippen LogP contribution in [0.4, 0.5) is 0 Å². The van der Waals surface area contributed by atoms with Crippen molar-refractivity contribution in [1.29, 1.82) is 0 Å². The van der Waals surface area contributed by atoms with Crippen LogP contribution in [0.1, 0.15) is 5.56 Å². The Morgan fingerprint density at radius 3 is 2.50 bits per heavy atom. The minimum atomic E-state index is -1.01. The lowest BCUT2D eigenvalue weighted by Crippen LogP contribution is -2.47. The average molecular weight is 190 g/mol. The molecule has 1 aromatic rings. The Morgan fingerprint density at radius 1 is 1.14 bits per heavy atom. The third-order valence-corrected chi connectivity index (χ3v) is 1.93. The van der Waals surface area contributed by atoms with Gasteiger partial charge in [-0.05, 0) is 5.56 Å². The third kappa shape index (κ3) is 1.75. The van der Waals surface area contributed by atoms with Gasteiger partial charge < -0.3 is 15.7 Å². The van der Waals surface area contributed by atoms with Crippen molar-refractivity contribution >= 4 is 11.6 Å². The Kier molecular flexibility index (Phi) is 2.20. The fourth-order valence-corrected chi connectivity index (χ4v) is 1.32. The van der Waals surface area contributed by atoms with Crippen molar-refractivity contribution in [2.45, 2.75) is 6.35 Å². The second-order valence-corrected chi connectivity index (χ2v) is 2.98. The van der Waals surface area contributed by atoms with Gasteiger partial charge in [0.1, 0.15) is 0 Å². The number of aliphatic hydroxyl groups excluding tert-OH is 1. The Bertz CT molecular complexity index is 373. The number of benzene rings is 1. The molecule has 0 radical (unpaired) electrons. The molecule has 1 aliphatic heterocycles. The van der Waals surface area contributed by atoms with Gasteiger partial charge in [-0.15, -0.1) is 0 Å². The van der Waals surface area contributed by atoms with Crippen LogP contribution in [-0.2, 0) is 4.79 Å². The molecule has 1 amide bonds. The lowest BCUT2D eigenvalue weighted by atomic mass is 10.1. The smallest absolute Gasteiger partial charge is 0.249 e. The van der Waals surface area contributed by atoms with Crippen LogP contribution in [-0.4, -0.2) is 17.4 Å². The van der Waals surface area contributed by atoms with Gasteiger partial charge in [0.05, 0.1) is 5.70 Å². The minimum Gasteiger partial charge on any atom is -0.356 e. The van der Waals surface area contributed by atoms with E-state index in [1.54, 1.807) is 0 Å². The highest BCUT2D eigenvalue weighted by molar-refractivity contribution is 5.96. The van der Waals surface area contributed by atoms with Crippen molar-refractivity contribution in [3.8, 4) is 0 Å². The summed E-state index contributed by atoms with van der Waals surface area (Å²) in [5.41, 5.74) is 1.50. The standard InChI is InChI=1S/C10H10N2O2/c13-9-6-8(11-10(14)12-9)7-4-2-1-3-5-7/h1-6,10-11,14H,(H,12,13). The van der Waals surface area contributed by atoms with E-state index in [0.29, 0.717) is 5.70 Å². The lowest BCUT2D eigenvalue weighted by Gasteiger charge is -2.22. The van der Waals surface area contributed by atoms with Gasteiger partial charge in [0.15, 0.2) is 0 Å². The number of amides is 1. The van der Waals surface area contributed by atoms with E-state index in [1.165, 1.54) is 6.08 Å². The molecule has 1 atom stereocenters. The van der Waals surface area contributed by atoms with E-state index < -0.39 is 6.35 Å². The molecular weight excluding hydrogens is 180 g/mol. The average Bonchev–Trinajstić information content (AvgIpc) is 2.18. The zero-order valence-corrected chi connectivity index (χ0v) is 7.40. The first-order valence-electron chi connectivity index (χ1n) is 4.28. The first-order valence-corrected chi connectivity index (χ1v) is 4.28.